The van der Waals surface area contributed by atoms with Crippen LogP contribution in [0.3, 0.4) is 0 Å². The van der Waals surface area contributed by atoms with E-state index in [2.05, 4.69) is 4.40 Å². The van der Waals surface area contributed by atoms with Crippen LogP contribution in [0.4, 0.5) is 5.69 Å². The topological polar surface area (TPSA) is 93.1 Å². The van der Waals surface area contributed by atoms with Crippen LogP contribution >= 0.6 is 0 Å². The van der Waals surface area contributed by atoms with Crippen molar-refractivity contribution in [2.45, 2.75) is 37.5 Å². The summed E-state index contributed by atoms with van der Waals surface area (Å²) in [7, 11) is -3.87. The second kappa shape index (κ2) is 7.44. The van der Waals surface area contributed by atoms with Crippen molar-refractivity contribution in [2.75, 3.05) is 11.4 Å². The number of carbonyl (C=O) groups excluding carboxylic acids is 2. The molecule has 0 aromatic heterocycles. The quantitative estimate of drug-likeness (QED) is 0.435. The molecule has 7 nitrogen and oxygen atoms in total. The van der Waals surface area contributed by atoms with Crippen molar-refractivity contribution < 1.29 is 22.7 Å². The summed E-state index contributed by atoms with van der Waals surface area (Å²) in [6, 6.07) is 10.7. The third-order valence-electron chi connectivity index (χ3n) is 5.05. The van der Waals surface area contributed by atoms with Crippen LogP contribution in [0.15, 0.2) is 51.8 Å². The molecule has 0 N–H and O–H groups in total. The molecular weight excluding hydrogens is 392 g/mol. The van der Waals surface area contributed by atoms with E-state index in [9.17, 15) is 18.0 Å². The molecular formula is C21H20N2O5S. The molecule has 2 aliphatic rings. The molecule has 0 saturated carbocycles. The summed E-state index contributed by atoms with van der Waals surface area (Å²) in [4.78, 5) is 25.8. The number of Topliss-reactive ketones (excluding diaryl/α,β-unsaturated/α-hetero) is 1. The summed E-state index contributed by atoms with van der Waals surface area (Å²) < 4.78 is 34.7. The SMILES string of the molecule is CC(=O)c1ccc(OC(=O)c2ccc3c(c2)S(=O)(=O)N=C2CCCCCN23)cc1. The molecule has 150 valence electrons. The number of rotatable bonds is 3. The Bertz CT molecular complexity index is 1120. The molecule has 4 rings (SSSR count). The van der Waals surface area contributed by atoms with Crippen LogP contribution in [0, 0.1) is 0 Å². The fourth-order valence-electron chi connectivity index (χ4n) is 3.53. The average Bonchev–Trinajstić information content (AvgIpc) is 2.93. The summed E-state index contributed by atoms with van der Waals surface area (Å²) in [5, 5.41) is 0. The molecule has 2 aromatic rings. The van der Waals surface area contributed by atoms with Crippen LogP contribution in [0.5, 0.6) is 5.75 Å². The van der Waals surface area contributed by atoms with Gasteiger partial charge in [0.1, 0.15) is 16.5 Å². The number of ketones is 1. The van der Waals surface area contributed by atoms with Gasteiger partial charge in [-0.25, -0.2) is 4.79 Å². The highest BCUT2D eigenvalue weighted by Gasteiger charge is 2.32. The van der Waals surface area contributed by atoms with E-state index in [-0.39, 0.29) is 22.0 Å². The number of nitrogens with zero attached hydrogens (tertiary/aromatic N) is 2. The molecule has 0 bridgehead atoms. The maximum absolute atomic E-state index is 12.7. The van der Waals surface area contributed by atoms with E-state index in [4.69, 9.17) is 4.74 Å². The van der Waals surface area contributed by atoms with Gasteiger partial charge in [0, 0.05) is 18.5 Å². The zero-order valence-electron chi connectivity index (χ0n) is 15.9. The van der Waals surface area contributed by atoms with Crippen molar-refractivity contribution in [3.8, 4) is 5.75 Å². The predicted molar refractivity (Wildman–Crippen MR) is 108 cm³/mol. The molecule has 0 atom stereocenters. The summed E-state index contributed by atoms with van der Waals surface area (Å²) in [5.41, 5.74) is 1.19. The Hall–Kier alpha value is -3.00. The van der Waals surface area contributed by atoms with Crippen LogP contribution < -0.4 is 9.64 Å². The van der Waals surface area contributed by atoms with Gasteiger partial charge >= 0.3 is 5.97 Å². The Labute approximate surface area is 169 Å². The van der Waals surface area contributed by atoms with Gasteiger partial charge in [0.25, 0.3) is 10.0 Å². The number of sulfonamides is 1. The largest absolute Gasteiger partial charge is 0.423 e. The van der Waals surface area contributed by atoms with Gasteiger partial charge in [0.15, 0.2) is 5.78 Å². The first-order valence-electron chi connectivity index (χ1n) is 9.44. The number of fused-ring (bicyclic) bond motifs is 3. The lowest BCUT2D eigenvalue weighted by atomic mass is 10.1. The highest BCUT2D eigenvalue weighted by molar-refractivity contribution is 7.90. The lowest BCUT2D eigenvalue weighted by molar-refractivity contribution is 0.0734. The number of hydrogen-bond acceptors (Lipinski definition) is 6. The number of ether oxygens (including phenoxy) is 1. The highest BCUT2D eigenvalue weighted by atomic mass is 32.2. The number of amidine groups is 1. The fraction of sp³-hybridized carbons (Fsp3) is 0.286. The van der Waals surface area contributed by atoms with Crippen molar-refractivity contribution >= 4 is 33.3 Å². The minimum Gasteiger partial charge on any atom is -0.423 e. The standard InChI is InChI=1S/C21H20N2O5S/c1-14(24)15-6-9-17(10-7-15)28-21(25)16-8-11-18-19(13-16)29(26,27)22-20-5-3-2-4-12-23(18)20/h6-11,13H,2-5,12H2,1H3. The van der Waals surface area contributed by atoms with Crippen LogP contribution in [0.25, 0.3) is 0 Å². The van der Waals surface area contributed by atoms with E-state index in [1.807, 2.05) is 4.90 Å². The number of carbonyl (C=O) groups is 2. The Kier molecular flexibility index (Phi) is 4.96. The zero-order chi connectivity index (χ0) is 20.6. The second-order valence-corrected chi connectivity index (χ2v) is 8.67. The summed E-state index contributed by atoms with van der Waals surface area (Å²) >= 11 is 0. The van der Waals surface area contributed by atoms with Crippen molar-refractivity contribution in [3.05, 3.63) is 53.6 Å². The van der Waals surface area contributed by atoms with Crippen molar-refractivity contribution in [2.24, 2.45) is 4.40 Å². The third kappa shape index (κ3) is 3.80. The molecule has 1 fully saturated rings. The maximum atomic E-state index is 12.7. The van der Waals surface area contributed by atoms with Crippen LogP contribution in [0.2, 0.25) is 0 Å². The first kappa shape index (κ1) is 19.3. The molecule has 0 spiro atoms. The molecule has 0 aliphatic carbocycles. The maximum Gasteiger partial charge on any atom is 0.343 e. The lowest BCUT2D eigenvalue weighted by Crippen LogP contribution is -2.35. The first-order valence-corrected chi connectivity index (χ1v) is 10.9. The summed E-state index contributed by atoms with van der Waals surface area (Å²) in [6.07, 6.45) is 3.52. The van der Waals surface area contributed by atoms with Crippen LogP contribution in [-0.4, -0.2) is 32.6 Å². The van der Waals surface area contributed by atoms with E-state index in [0.29, 0.717) is 30.1 Å². The van der Waals surface area contributed by atoms with Gasteiger partial charge in [-0.1, -0.05) is 6.42 Å². The normalized spacial score (nSPS) is 17.4. The molecule has 0 unspecified atom stereocenters. The van der Waals surface area contributed by atoms with Gasteiger partial charge in [-0.15, -0.1) is 4.40 Å². The molecule has 1 saturated heterocycles. The molecule has 29 heavy (non-hydrogen) atoms. The molecule has 0 amide bonds. The second-order valence-electron chi connectivity index (χ2n) is 7.10. The van der Waals surface area contributed by atoms with Crippen LogP contribution in [0.1, 0.15) is 53.3 Å². The van der Waals surface area contributed by atoms with E-state index in [0.717, 1.165) is 19.3 Å². The Morgan fingerprint density at radius 3 is 2.45 bits per heavy atom. The van der Waals surface area contributed by atoms with Gasteiger partial charge < -0.3 is 9.64 Å². The van der Waals surface area contributed by atoms with E-state index in [1.165, 1.54) is 25.1 Å². The van der Waals surface area contributed by atoms with Crippen molar-refractivity contribution in [1.29, 1.82) is 0 Å². The zero-order valence-corrected chi connectivity index (χ0v) is 16.7. The molecule has 2 heterocycles. The highest BCUT2D eigenvalue weighted by Crippen LogP contribution is 2.35. The van der Waals surface area contributed by atoms with Gasteiger partial charge in [0.2, 0.25) is 0 Å². The fourth-order valence-corrected chi connectivity index (χ4v) is 4.81. The van der Waals surface area contributed by atoms with Crippen LogP contribution in [-0.2, 0) is 10.0 Å². The smallest absolute Gasteiger partial charge is 0.343 e. The van der Waals surface area contributed by atoms with E-state index < -0.39 is 16.0 Å². The van der Waals surface area contributed by atoms with E-state index in [1.54, 1.807) is 24.3 Å². The number of benzene rings is 2. The average molecular weight is 412 g/mol. The first-order chi connectivity index (χ1) is 13.8. The molecule has 2 aromatic carbocycles. The summed E-state index contributed by atoms with van der Waals surface area (Å²) in [5.74, 6) is 0.0738. The van der Waals surface area contributed by atoms with Gasteiger partial charge in [-0.2, -0.15) is 8.42 Å². The molecule has 8 heteroatoms. The van der Waals surface area contributed by atoms with Gasteiger partial charge in [-0.05, 0) is 62.2 Å². The minimum absolute atomic E-state index is 0.0181. The van der Waals surface area contributed by atoms with E-state index >= 15 is 0 Å². The molecule has 0 radical (unpaired) electrons. The third-order valence-corrected chi connectivity index (χ3v) is 6.39. The Balaban J connectivity index is 1.63. The predicted octanol–water partition coefficient (Wildman–Crippen LogP) is 3.59. The van der Waals surface area contributed by atoms with Crippen molar-refractivity contribution in [3.63, 3.8) is 0 Å². The Morgan fingerprint density at radius 1 is 1.00 bits per heavy atom. The van der Waals surface area contributed by atoms with Gasteiger partial charge in [-0.3, -0.25) is 4.79 Å². The number of anilines is 1. The monoisotopic (exact) mass is 412 g/mol. The Morgan fingerprint density at radius 2 is 1.72 bits per heavy atom. The van der Waals surface area contributed by atoms with Crippen molar-refractivity contribution in [1.82, 2.24) is 0 Å². The minimum atomic E-state index is -3.87. The summed E-state index contributed by atoms with van der Waals surface area (Å²) in [6.45, 7) is 2.15. The van der Waals surface area contributed by atoms with Gasteiger partial charge in [0.05, 0.1) is 11.3 Å². The molecule has 2 aliphatic heterocycles. The number of hydrogen-bond donors (Lipinski definition) is 0. The lowest BCUT2D eigenvalue weighted by Gasteiger charge is -2.29. The number of esters is 1.